The van der Waals surface area contributed by atoms with Crippen LogP contribution in [0.15, 0.2) is 0 Å². The molecule has 0 atom stereocenters. The molecule has 0 aromatic heterocycles. The van der Waals surface area contributed by atoms with Crippen LogP contribution in [0, 0.1) is 5.41 Å². The average molecular weight is 131 g/mol. The Morgan fingerprint density at radius 2 is 1.43 bits per heavy atom. The maximum absolute atomic E-state index is 5.48. The van der Waals surface area contributed by atoms with E-state index >= 15 is 0 Å². The maximum atomic E-state index is 5.48. The van der Waals surface area contributed by atoms with Gasteiger partial charge in [0.1, 0.15) is 0 Å². The van der Waals surface area contributed by atoms with E-state index in [2.05, 4.69) is 20.8 Å². The van der Waals surface area contributed by atoms with Crippen LogP contribution in [0.2, 0.25) is 0 Å². The monoisotopic (exact) mass is 130 g/mol. The predicted octanol–water partition coefficient (Wildman–Crippen LogP) is 1.89. The lowest BCUT2D eigenvalue weighted by Gasteiger charge is -2.10. The topological polar surface area (TPSA) is 0 Å². The van der Waals surface area contributed by atoms with E-state index in [1.807, 2.05) is 0 Å². The summed E-state index contributed by atoms with van der Waals surface area (Å²) in [4.78, 5) is 0. The third-order valence-electron chi connectivity index (χ3n) is 0.401. The molecule has 0 saturated heterocycles. The zero-order chi connectivity index (χ0) is 5.21. The van der Waals surface area contributed by atoms with E-state index < -0.39 is 0 Å². The van der Waals surface area contributed by atoms with Crippen molar-refractivity contribution in [3.05, 3.63) is 0 Å². The van der Waals surface area contributed by atoms with Crippen LogP contribution >= 0.6 is 11.6 Å². The molecule has 2 radical (unpaired) electrons. The molecule has 0 unspecified atom stereocenters. The minimum absolute atomic E-state index is 0. The number of rotatable bonds is 0. The second-order valence-electron chi connectivity index (χ2n) is 2.69. The van der Waals surface area contributed by atoms with Crippen molar-refractivity contribution in [1.29, 1.82) is 0 Å². The van der Waals surface area contributed by atoms with Gasteiger partial charge in [-0.2, -0.15) is 0 Å². The zero-order valence-corrected chi connectivity index (χ0v) is 7.46. The van der Waals surface area contributed by atoms with Gasteiger partial charge in [-0.1, -0.05) is 20.8 Å². The largest absolute Gasteiger partial charge is 0.126 e. The van der Waals surface area contributed by atoms with Crippen LogP contribution < -0.4 is 0 Å². The van der Waals surface area contributed by atoms with Gasteiger partial charge in [0.25, 0.3) is 0 Å². The molecule has 0 N–H and O–H groups in total. The van der Waals surface area contributed by atoms with Gasteiger partial charge in [0.15, 0.2) is 0 Å². The van der Waals surface area contributed by atoms with E-state index in [-0.39, 0.29) is 23.1 Å². The molecule has 0 aromatic carbocycles. The summed E-state index contributed by atoms with van der Waals surface area (Å²) in [6.07, 6.45) is 0. The van der Waals surface area contributed by atoms with Gasteiger partial charge < -0.3 is 0 Å². The molecular weight excluding hydrogens is 120 g/mol. The normalized spacial score (nSPS) is 10.3. The lowest BCUT2D eigenvalue weighted by molar-refractivity contribution is 0.477. The Balaban J connectivity index is 0. The van der Waals surface area contributed by atoms with E-state index in [0.717, 1.165) is 5.88 Å². The van der Waals surface area contributed by atoms with E-state index in [4.69, 9.17) is 11.6 Å². The van der Waals surface area contributed by atoms with E-state index in [1.165, 1.54) is 0 Å². The SMILES string of the molecule is CC(C)(C)CCl.[Mg]. The molecular formula is C5H11ClMg. The first-order chi connectivity index (χ1) is 2.56. The molecule has 0 bridgehead atoms. The van der Waals surface area contributed by atoms with Crippen molar-refractivity contribution < 1.29 is 0 Å². The summed E-state index contributed by atoms with van der Waals surface area (Å²) in [6, 6.07) is 0. The van der Waals surface area contributed by atoms with Crippen molar-refractivity contribution >= 4 is 34.7 Å². The first-order valence-electron chi connectivity index (χ1n) is 2.12. The zero-order valence-electron chi connectivity index (χ0n) is 5.29. The maximum Gasteiger partial charge on any atom is 0.0272 e. The Morgan fingerprint density at radius 3 is 1.43 bits per heavy atom. The summed E-state index contributed by atoms with van der Waals surface area (Å²) in [5, 5.41) is 0. The number of hydrogen-bond acceptors (Lipinski definition) is 0. The van der Waals surface area contributed by atoms with Crippen molar-refractivity contribution in [3.8, 4) is 0 Å². The first-order valence-corrected chi connectivity index (χ1v) is 2.66. The molecule has 2 heteroatoms. The molecule has 0 aliphatic rings. The van der Waals surface area contributed by atoms with Crippen LogP contribution in [0.25, 0.3) is 0 Å². The minimum atomic E-state index is 0. The fourth-order valence-corrected chi connectivity index (χ4v) is 0. The second-order valence-corrected chi connectivity index (χ2v) is 2.96. The third-order valence-corrected chi connectivity index (χ3v) is 1.20. The van der Waals surface area contributed by atoms with Crippen molar-refractivity contribution in [2.75, 3.05) is 5.88 Å². The van der Waals surface area contributed by atoms with E-state index in [0.29, 0.717) is 5.41 Å². The van der Waals surface area contributed by atoms with Crippen molar-refractivity contribution in [1.82, 2.24) is 0 Å². The summed E-state index contributed by atoms with van der Waals surface area (Å²) < 4.78 is 0. The fourth-order valence-electron chi connectivity index (χ4n) is 0. The summed E-state index contributed by atoms with van der Waals surface area (Å²) >= 11 is 5.48. The van der Waals surface area contributed by atoms with Gasteiger partial charge in [0.2, 0.25) is 0 Å². The molecule has 40 valence electrons. The number of alkyl halides is 1. The van der Waals surface area contributed by atoms with Crippen LogP contribution in [0.1, 0.15) is 20.8 Å². The highest BCUT2D eigenvalue weighted by molar-refractivity contribution is 6.18. The third kappa shape index (κ3) is 11.0. The molecule has 7 heavy (non-hydrogen) atoms. The first kappa shape index (κ1) is 10.9. The highest BCUT2D eigenvalue weighted by atomic mass is 35.5. The molecule has 0 amide bonds. The van der Waals surface area contributed by atoms with E-state index in [1.54, 1.807) is 0 Å². The molecule has 0 aliphatic carbocycles. The van der Waals surface area contributed by atoms with Gasteiger partial charge in [0.05, 0.1) is 0 Å². The molecule has 0 aliphatic heterocycles. The van der Waals surface area contributed by atoms with Gasteiger partial charge in [-0.05, 0) is 5.41 Å². The molecule has 0 saturated carbocycles. The summed E-state index contributed by atoms with van der Waals surface area (Å²) in [5.41, 5.74) is 0.307. The summed E-state index contributed by atoms with van der Waals surface area (Å²) in [5.74, 6) is 0.743. The smallest absolute Gasteiger partial charge is 0.0272 e. The molecule has 0 heterocycles. The summed E-state index contributed by atoms with van der Waals surface area (Å²) in [7, 11) is 0. The Bertz CT molecular complexity index is 37.8. The van der Waals surface area contributed by atoms with E-state index in [9.17, 15) is 0 Å². The number of hydrogen-bond donors (Lipinski definition) is 0. The predicted molar refractivity (Wildman–Crippen MR) is 35.9 cm³/mol. The highest BCUT2D eigenvalue weighted by Crippen LogP contribution is 2.13. The Hall–Kier alpha value is 1.06. The van der Waals surface area contributed by atoms with Crippen molar-refractivity contribution in [3.63, 3.8) is 0 Å². The molecule has 0 nitrogen and oxygen atoms in total. The van der Waals surface area contributed by atoms with Gasteiger partial charge in [0, 0.05) is 28.9 Å². The highest BCUT2D eigenvalue weighted by Gasteiger charge is 2.05. The Labute approximate surface area is 66.8 Å². The quantitative estimate of drug-likeness (QED) is 0.347. The molecule has 0 spiro atoms. The summed E-state index contributed by atoms with van der Waals surface area (Å²) in [6.45, 7) is 6.33. The van der Waals surface area contributed by atoms with Crippen LogP contribution in [-0.4, -0.2) is 28.9 Å². The van der Waals surface area contributed by atoms with Gasteiger partial charge in [-0.25, -0.2) is 0 Å². The number of halogens is 1. The minimum Gasteiger partial charge on any atom is -0.126 e. The van der Waals surface area contributed by atoms with Crippen LogP contribution in [0.4, 0.5) is 0 Å². The molecule has 0 aromatic rings. The Morgan fingerprint density at radius 1 is 1.29 bits per heavy atom. The fraction of sp³-hybridized carbons (Fsp3) is 1.00. The van der Waals surface area contributed by atoms with Gasteiger partial charge in [-0.3, -0.25) is 0 Å². The van der Waals surface area contributed by atoms with Gasteiger partial charge in [-0.15, -0.1) is 11.6 Å². The van der Waals surface area contributed by atoms with Crippen LogP contribution in [0.5, 0.6) is 0 Å². The van der Waals surface area contributed by atoms with Crippen molar-refractivity contribution in [2.24, 2.45) is 5.41 Å². The van der Waals surface area contributed by atoms with Crippen molar-refractivity contribution in [2.45, 2.75) is 20.8 Å². The van der Waals surface area contributed by atoms with Gasteiger partial charge >= 0.3 is 0 Å². The molecule has 0 rings (SSSR count). The molecule has 0 fully saturated rings. The lowest BCUT2D eigenvalue weighted by Crippen LogP contribution is -2.05. The van der Waals surface area contributed by atoms with Crippen LogP contribution in [-0.2, 0) is 0 Å². The second kappa shape index (κ2) is 3.99. The Kier molecular flexibility index (Phi) is 6.23. The standard InChI is InChI=1S/C5H11Cl.Mg/c1-5(2,3)4-6;/h4H2,1-3H3;. The van der Waals surface area contributed by atoms with Crippen LogP contribution in [0.3, 0.4) is 0 Å². The lowest BCUT2D eigenvalue weighted by atomic mass is 10.0. The average Bonchev–Trinajstić information content (AvgIpc) is 1.35.